The van der Waals surface area contributed by atoms with Gasteiger partial charge >= 0.3 is 0 Å². The molecule has 0 aromatic carbocycles. The summed E-state index contributed by atoms with van der Waals surface area (Å²) in [7, 11) is 2.02. The maximum Gasteiger partial charge on any atom is 0.138 e. The molecule has 0 amide bonds. The molecule has 1 heterocycles. The second kappa shape index (κ2) is 7.01. The predicted molar refractivity (Wildman–Crippen MR) is 74.6 cm³/mol. The van der Waals surface area contributed by atoms with Crippen molar-refractivity contribution in [1.82, 2.24) is 20.1 Å². The van der Waals surface area contributed by atoms with Gasteiger partial charge in [0.05, 0.1) is 0 Å². The molecule has 0 radical (unpaired) electrons. The molecule has 0 aliphatic heterocycles. The smallest absolute Gasteiger partial charge is 0.138 e. The van der Waals surface area contributed by atoms with Gasteiger partial charge in [-0.2, -0.15) is 16.9 Å². The van der Waals surface area contributed by atoms with Crippen molar-refractivity contribution in [2.24, 2.45) is 0 Å². The van der Waals surface area contributed by atoms with Gasteiger partial charge in [-0.15, -0.1) is 0 Å². The van der Waals surface area contributed by atoms with Crippen molar-refractivity contribution >= 4 is 11.8 Å². The van der Waals surface area contributed by atoms with Gasteiger partial charge in [0.1, 0.15) is 12.2 Å². The van der Waals surface area contributed by atoms with Crippen molar-refractivity contribution in [3.05, 3.63) is 12.2 Å². The van der Waals surface area contributed by atoms with E-state index in [9.17, 15) is 0 Å². The lowest BCUT2D eigenvalue weighted by Crippen LogP contribution is -2.32. The van der Waals surface area contributed by atoms with Gasteiger partial charge in [-0.05, 0) is 26.1 Å². The third kappa shape index (κ3) is 4.68. The van der Waals surface area contributed by atoms with Crippen LogP contribution in [0.1, 0.15) is 39.6 Å². The summed E-state index contributed by atoms with van der Waals surface area (Å²) < 4.78 is 2.00. The highest BCUT2D eigenvalue weighted by atomic mass is 32.2. The van der Waals surface area contributed by atoms with Gasteiger partial charge in [-0.25, -0.2) is 9.67 Å². The van der Waals surface area contributed by atoms with E-state index in [0.29, 0.717) is 17.3 Å². The third-order valence-electron chi connectivity index (χ3n) is 2.60. The molecule has 0 aliphatic rings. The monoisotopic (exact) mass is 256 g/mol. The molecule has 1 aromatic rings. The molecule has 1 unspecified atom stereocenters. The zero-order valence-electron chi connectivity index (χ0n) is 11.5. The number of nitrogens with zero attached hydrogens (tertiary/aromatic N) is 3. The Morgan fingerprint density at radius 2 is 2.06 bits per heavy atom. The minimum Gasteiger partial charge on any atom is -0.316 e. The Labute approximate surface area is 109 Å². The molecular weight excluding hydrogens is 232 g/mol. The van der Waals surface area contributed by atoms with E-state index in [1.165, 1.54) is 0 Å². The van der Waals surface area contributed by atoms with Crippen LogP contribution in [0.25, 0.3) is 0 Å². The van der Waals surface area contributed by atoms with Crippen molar-refractivity contribution in [3.63, 3.8) is 0 Å². The molecule has 0 bridgehead atoms. The fourth-order valence-electron chi connectivity index (χ4n) is 1.62. The molecule has 4 nitrogen and oxygen atoms in total. The van der Waals surface area contributed by atoms with E-state index in [4.69, 9.17) is 0 Å². The number of nitrogens with one attached hydrogen (secondary N) is 1. The summed E-state index contributed by atoms with van der Waals surface area (Å²) in [5.74, 6) is 2.18. The van der Waals surface area contributed by atoms with Gasteiger partial charge in [0.2, 0.25) is 0 Å². The SMILES string of the molecule is CNC(CSC(C)C)Cc1ncnn1C(C)C. The summed E-state index contributed by atoms with van der Waals surface area (Å²) in [6.07, 6.45) is 2.59. The minimum absolute atomic E-state index is 0.378. The quantitative estimate of drug-likeness (QED) is 0.811. The summed E-state index contributed by atoms with van der Waals surface area (Å²) in [4.78, 5) is 4.35. The molecule has 0 spiro atoms. The van der Waals surface area contributed by atoms with Gasteiger partial charge in [0.15, 0.2) is 0 Å². The average Bonchev–Trinajstić information content (AvgIpc) is 2.71. The molecule has 1 aromatic heterocycles. The fourth-order valence-corrected chi connectivity index (χ4v) is 2.53. The summed E-state index contributed by atoms with van der Waals surface area (Å²) in [5, 5.41) is 8.30. The first-order valence-electron chi connectivity index (χ1n) is 6.21. The lowest BCUT2D eigenvalue weighted by molar-refractivity contribution is 0.484. The molecule has 1 rings (SSSR count). The van der Waals surface area contributed by atoms with E-state index >= 15 is 0 Å². The van der Waals surface area contributed by atoms with Crippen LogP contribution in [-0.4, -0.2) is 38.9 Å². The van der Waals surface area contributed by atoms with Crippen LogP contribution in [0.15, 0.2) is 6.33 Å². The van der Waals surface area contributed by atoms with E-state index < -0.39 is 0 Å². The first-order chi connectivity index (χ1) is 8.04. The number of hydrogen-bond acceptors (Lipinski definition) is 4. The Morgan fingerprint density at radius 1 is 1.35 bits per heavy atom. The lowest BCUT2D eigenvalue weighted by Gasteiger charge is -2.18. The number of likely N-dealkylation sites (N-methyl/N-ethyl adjacent to an activating group) is 1. The Bertz CT molecular complexity index is 322. The first-order valence-corrected chi connectivity index (χ1v) is 7.26. The number of hydrogen-bond donors (Lipinski definition) is 1. The van der Waals surface area contributed by atoms with Crippen molar-refractivity contribution in [1.29, 1.82) is 0 Å². The van der Waals surface area contributed by atoms with Crippen LogP contribution in [0.3, 0.4) is 0 Å². The molecule has 0 aliphatic carbocycles. The Morgan fingerprint density at radius 3 is 2.59 bits per heavy atom. The molecule has 0 saturated heterocycles. The molecule has 0 fully saturated rings. The highest BCUT2D eigenvalue weighted by molar-refractivity contribution is 7.99. The molecule has 0 saturated carbocycles. The van der Waals surface area contributed by atoms with Gasteiger partial charge in [0.25, 0.3) is 0 Å². The predicted octanol–water partition coefficient (Wildman–Crippen LogP) is 2.13. The molecule has 5 heteroatoms. The van der Waals surface area contributed by atoms with Crippen molar-refractivity contribution in [2.45, 2.75) is 51.4 Å². The zero-order valence-corrected chi connectivity index (χ0v) is 12.3. The number of thioether (sulfide) groups is 1. The second-order valence-corrected chi connectivity index (χ2v) is 6.40. The van der Waals surface area contributed by atoms with E-state index in [-0.39, 0.29) is 0 Å². The van der Waals surface area contributed by atoms with Crippen LogP contribution < -0.4 is 5.32 Å². The van der Waals surface area contributed by atoms with E-state index in [1.54, 1.807) is 6.33 Å². The highest BCUT2D eigenvalue weighted by Crippen LogP contribution is 2.14. The van der Waals surface area contributed by atoms with Gasteiger partial charge in [-0.1, -0.05) is 13.8 Å². The van der Waals surface area contributed by atoms with Crippen molar-refractivity contribution < 1.29 is 0 Å². The van der Waals surface area contributed by atoms with Crippen molar-refractivity contribution in [2.75, 3.05) is 12.8 Å². The highest BCUT2D eigenvalue weighted by Gasteiger charge is 2.14. The fraction of sp³-hybridized carbons (Fsp3) is 0.833. The number of rotatable bonds is 7. The Kier molecular flexibility index (Phi) is 5.98. The Balaban J connectivity index is 2.57. The van der Waals surface area contributed by atoms with E-state index in [2.05, 4.69) is 43.1 Å². The molecule has 98 valence electrons. The lowest BCUT2D eigenvalue weighted by atomic mass is 10.2. The normalized spacial score (nSPS) is 13.6. The molecule has 1 N–H and O–H groups in total. The van der Waals surface area contributed by atoms with Crippen LogP contribution in [0.4, 0.5) is 0 Å². The standard InChI is InChI=1S/C12H24N4S/c1-9(2)16-12(14-8-15-16)6-11(13-5)7-17-10(3)4/h8-11,13H,6-7H2,1-5H3. The van der Waals surface area contributed by atoms with Crippen LogP contribution in [0.5, 0.6) is 0 Å². The maximum atomic E-state index is 4.35. The molecule has 17 heavy (non-hydrogen) atoms. The van der Waals surface area contributed by atoms with Gasteiger partial charge in [-0.3, -0.25) is 0 Å². The number of aromatic nitrogens is 3. The molecular formula is C12H24N4S. The van der Waals surface area contributed by atoms with Crippen LogP contribution in [0, 0.1) is 0 Å². The average molecular weight is 256 g/mol. The van der Waals surface area contributed by atoms with E-state index in [1.807, 2.05) is 23.5 Å². The van der Waals surface area contributed by atoms with Crippen LogP contribution in [0.2, 0.25) is 0 Å². The van der Waals surface area contributed by atoms with E-state index in [0.717, 1.165) is 18.0 Å². The first kappa shape index (κ1) is 14.5. The maximum absolute atomic E-state index is 4.35. The van der Waals surface area contributed by atoms with Crippen LogP contribution >= 0.6 is 11.8 Å². The van der Waals surface area contributed by atoms with Gasteiger partial charge < -0.3 is 5.32 Å². The molecule has 1 atom stereocenters. The summed E-state index contributed by atoms with van der Waals surface area (Å²) >= 11 is 1.98. The van der Waals surface area contributed by atoms with Gasteiger partial charge in [0, 0.05) is 24.3 Å². The Hall–Kier alpha value is -0.550. The van der Waals surface area contributed by atoms with Crippen LogP contribution in [-0.2, 0) is 6.42 Å². The largest absolute Gasteiger partial charge is 0.316 e. The topological polar surface area (TPSA) is 42.7 Å². The summed E-state index contributed by atoms with van der Waals surface area (Å²) in [6.45, 7) is 8.73. The van der Waals surface area contributed by atoms with Crippen molar-refractivity contribution in [3.8, 4) is 0 Å². The zero-order chi connectivity index (χ0) is 12.8. The minimum atomic E-state index is 0.378. The second-order valence-electron chi connectivity index (χ2n) is 4.79. The third-order valence-corrected chi connectivity index (χ3v) is 3.87. The summed E-state index contributed by atoms with van der Waals surface area (Å²) in [5.41, 5.74) is 0. The summed E-state index contributed by atoms with van der Waals surface area (Å²) in [6, 6.07) is 0.840.